The number of hydrogen-bond acceptors (Lipinski definition) is 5. The fraction of sp³-hybridized carbons (Fsp3) is 0.412. The summed E-state index contributed by atoms with van der Waals surface area (Å²) in [6, 6.07) is 9.67. The highest BCUT2D eigenvalue weighted by Gasteiger charge is 2.11. The molecule has 2 rings (SSSR count). The lowest BCUT2D eigenvalue weighted by molar-refractivity contribution is -0.121. The predicted molar refractivity (Wildman–Crippen MR) is 93.8 cm³/mol. The zero-order valence-corrected chi connectivity index (χ0v) is 14.6. The second-order valence-corrected chi connectivity index (χ2v) is 5.94. The Bertz CT molecular complexity index is 683. The molecule has 2 N–H and O–H groups in total. The average Bonchev–Trinajstić information content (AvgIpc) is 3.08. The van der Waals surface area contributed by atoms with Crippen LogP contribution in [0, 0.1) is 0 Å². The molecule has 0 saturated carbocycles. The van der Waals surface area contributed by atoms with Crippen LogP contribution in [0.1, 0.15) is 22.5 Å². The molecule has 0 aliphatic carbocycles. The van der Waals surface area contributed by atoms with Crippen molar-refractivity contribution >= 4 is 11.8 Å². The van der Waals surface area contributed by atoms with Gasteiger partial charge in [-0.15, -0.1) is 5.10 Å². The summed E-state index contributed by atoms with van der Waals surface area (Å²) >= 11 is 0. The van der Waals surface area contributed by atoms with Crippen molar-refractivity contribution < 1.29 is 9.59 Å². The SMILES string of the molecule is CN(C)CCn1cc(C(=O)NCCC(=O)NCc2ccccc2)nn1. The summed E-state index contributed by atoms with van der Waals surface area (Å²) in [6.07, 6.45) is 1.82. The van der Waals surface area contributed by atoms with Gasteiger partial charge < -0.3 is 15.5 Å². The van der Waals surface area contributed by atoms with Gasteiger partial charge in [0, 0.05) is 26.1 Å². The number of carbonyl (C=O) groups excluding carboxylic acids is 2. The molecule has 2 aromatic rings. The van der Waals surface area contributed by atoms with Crippen LogP contribution >= 0.6 is 0 Å². The molecule has 0 atom stereocenters. The van der Waals surface area contributed by atoms with E-state index in [-0.39, 0.29) is 30.5 Å². The normalized spacial score (nSPS) is 10.7. The third-order valence-corrected chi connectivity index (χ3v) is 3.52. The van der Waals surface area contributed by atoms with Crippen molar-refractivity contribution in [2.75, 3.05) is 27.2 Å². The largest absolute Gasteiger partial charge is 0.352 e. The predicted octanol–water partition coefficient (Wildman–Crippen LogP) is 0.276. The van der Waals surface area contributed by atoms with Crippen LogP contribution in [0.3, 0.4) is 0 Å². The fourth-order valence-corrected chi connectivity index (χ4v) is 2.08. The van der Waals surface area contributed by atoms with Crippen molar-refractivity contribution in [3.05, 3.63) is 47.8 Å². The van der Waals surface area contributed by atoms with Gasteiger partial charge in [-0.05, 0) is 19.7 Å². The molecule has 1 heterocycles. The summed E-state index contributed by atoms with van der Waals surface area (Å²) in [5.41, 5.74) is 1.29. The van der Waals surface area contributed by atoms with Crippen molar-refractivity contribution in [1.29, 1.82) is 0 Å². The molecule has 8 heteroatoms. The zero-order valence-electron chi connectivity index (χ0n) is 14.6. The van der Waals surface area contributed by atoms with E-state index in [1.807, 2.05) is 49.3 Å². The maximum atomic E-state index is 12.0. The average molecular weight is 344 g/mol. The van der Waals surface area contributed by atoms with Crippen molar-refractivity contribution in [1.82, 2.24) is 30.5 Å². The molecular formula is C17H24N6O2. The van der Waals surface area contributed by atoms with Gasteiger partial charge in [-0.2, -0.15) is 0 Å². The highest BCUT2D eigenvalue weighted by Crippen LogP contribution is 1.97. The van der Waals surface area contributed by atoms with Crippen LogP contribution in [0.2, 0.25) is 0 Å². The minimum Gasteiger partial charge on any atom is -0.352 e. The first kappa shape index (κ1) is 18.6. The molecule has 1 aromatic heterocycles. The molecule has 1 aromatic carbocycles. The minimum atomic E-state index is -0.327. The standard InChI is InChI=1S/C17H24N6O2/c1-22(2)10-11-23-13-15(20-21-23)17(25)18-9-8-16(24)19-12-14-6-4-3-5-7-14/h3-7,13H,8-12H2,1-2H3,(H,18,25)(H,19,24). The Balaban J connectivity index is 1.67. The number of carbonyl (C=O) groups is 2. The van der Waals surface area contributed by atoms with Crippen molar-refractivity contribution in [2.45, 2.75) is 19.5 Å². The molecule has 8 nitrogen and oxygen atoms in total. The minimum absolute atomic E-state index is 0.112. The van der Waals surface area contributed by atoms with Crippen LogP contribution in [0.15, 0.2) is 36.5 Å². The first-order chi connectivity index (χ1) is 12.0. The number of hydrogen-bond donors (Lipinski definition) is 2. The van der Waals surface area contributed by atoms with Crippen molar-refractivity contribution in [2.24, 2.45) is 0 Å². The van der Waals surface area contributed by atoms with Gasteiger partial charge in [-0.1, -0.05) is 35.5 Å². The highest BCUT2D eigenvalue weighted by atomic mass is 16.2. The van der Waals surface area contributed by atoms with Gasteiger partial charge in [0.2, 0.25) is 5.91 Å². The first-order valence-corrected chi connectivity index (χ1v) is 8.18. The highest BCUT2D eigenvalue weighted by molar-refractivity contribution is 5.92. The quantitative estimate of drug-likeness (QED) is 0.681. The topological polar surface area (TPSA) is 92.2 Å². The van der Waals surface area contributed by atoms with E-state index in [2.05, 4.69) is 20.9 Å². The van der Waals surface area contributed by atoms with Gasteiger partial charge in [0.25, 0.3) is 5.91 Å². The Hall–Kier alpha value is -2.74. The molecule has 0 saturated heterocycles. The molecule has 25 heavy (non-hydrogen) atoms. The number of amides is 2. The Morgan fingerprint density at radius 3 is 2.64 bits per heavy atom. The number of nitrogens with zero attached hydrogens (tertiary/aromatic N) is 4. The molecule has 0 fully saturated rings. The molecular weight excluding hydrogens is 320 g/mol. The van der Waals surface area contributed by atoms with E-state index >= 15 is 0 Å². The van der Waals surface area contributed by atoms with E-state index < -0.39 is 0 Å². The van der Waals surface area contributed by atoms with Gasteiger partial charge in [-0.3, -0.25) is 14.3 Å². The third-order valence-electron chi connectivity index (χ3n) is 3.52. The molecule has 0 spiro atoms. The van der Waals surface area contributed by atoms with Gasteiger partial charge in [0.05, 0.1) is 12.7 Å². The van der Waals surface area contributed by atoms with Gasteiger partial charge >= 0.3 is 0 Å². The number of rotatable bonds is 9. The van der Waals surface area contributed by atoms with Crippen molar-refractivity contribution in [3.8, 4) is 0 Å². The second kappa shape index (κ2) is 9.53. The number of nitrogens with one attached hydrogen (secondary N) is 2. The lowest BCUT2D eigenvalue weighted by Gasteiger charge is -2.07. The van der Waals surface area contributed by atoms with E-state index in [1.165, 1.54) is 0 Å². The van der Waals surface area contributed by atoms with E-state index in [0.717, 1.165) is 12.1 Å². The second-order valence-electron chi connectivity index (χ2n) is 5.94. The molecule has 0 radical (unpaired) electrons. The Morgan fingerprint density at radius 1 is 1.16 bits per heavy atom. The monoisotopic (exact) mass is 344 g/mol. The van der Waals surface area contributed by atoms with Crippen LogP contribution in [0.25, 0.3) is 0 Å². The lowest BCUT2D eigenvalue weighted by Crippen LogP contribution is -2.30. The molecule has 0 aliphatic heterocycles. The maximum absolute atomic E-state index is 12.0. The van der Waals surface area contributed by atoms with E-state index in [9.17, 15) is 9.59 Å². The fourth-order valence-electron chi connectivity index (χ4n) is 2.08. The molecule has 0 unspecified atom stereocenters. The van der Waals surface area contributed by atoms with Crippen LogP contribution in [-0.2, 0) is 17.9 Å². The van der Waals surface area contributed by atoms with E-state index in [4.69, 9.17) is 0 Å². The van der Waals surface area contributed by atoms with Crippen LogP contribution < -0.4 is 10.6 Å². The molecule has 0 bridgehead atoms. The summed E-state index contributed by atoms with van der Waals surface area (Å²) in [5, 5.41) is 13.3. The van der Waals surface area contributed by atoms with E-state index in [0.29, 0.717) is 13.1 Å². The lowest BCUT2D eigenvalue weighted by atomic mass is 10.2. The van der Waals surface area contributed by atoms with E-state index in [1.54, 1.807) is 10.9 Å². The summed E-state index contributed by atoms with van der Waals surface area (Å²) in [4.78, 5) is 25.8. The van der Waals surface area contributed by atoms with Gasteiger partial charge in [0.15, 0.2) is 5.69 Å². The summed E-state index contributed by atoms with van der Waals surface area (Å²) < 4.78 is 1.63. The Labute approximate surface area is 147 Å². The maximum Gasteiger partial charge on any atom is 0.273 e. The van der Waals surface area contributed by atoms with Gasteiger partial charge in [-0.25, -0.2) is 0 Å². The number of likely N-dealkylation sites (N-methyl/N-ethyl adjacent to an activating group) is 1. The van der Waals surface area contributed by atoms with Crippen LogP contribution in [-0.4, -0.2) is 58.9 Å². The van der Waals surface area contributed by atoms with Crippen molar-refractivity contribution in [3.63, 3.8) is 0 Å². The van der Waals surface area contributed by atoms with Gasteiger partial charge in [0.1, 0.15) is 0 Å². The summed E-state index contributed by atoms with van der Waals surface area (Å²) in [6.45, 7) is 2.21. The molecule has 134 valence electrons. The van der Waals surface area contributed by atoms with Crippen LogP contribution in [0.4, 0.5) is 0 Å². The summed E-state index contributed by atoms with van der Waals surface area (Å²) in [7, 11) is 3.93. The summed E-state index contributed by atoms with van der Waals surface area (Å²) in [5.74, 6) is -0.439. The van der Waals surface area contributed by atoms with Crippen LogP contribution in [0.5, 0.6) is 0 Å². The smallest absolute Gasteiger partial charge is 0.273 e. The molecule has 0 aliphatic rings. The number of aromatic nitrogens is 3. The Kier molecular flexibility index (Phi) is 7.09. The number of benzene rings is 1. The zero-order chi connectivity index (χ0) is 18.1. The Morgan fingerprint density at radius 2 is 1.92 bits per heavy atom. The first-order valence-electron chi connectivity index (χ1n) is 8.18. The molecule has 2 amide bonds. The third kappa shape index (κ3) is 6.72.